The minimum atomic E-state index is -5.00. The molecule has 1 heterocycles. The molecule has 21 heavy (non-hydrogen) atoms. The van der Waals surface area contributed by atoms with Crippen molar-refractivity contribution in [3.05, 3.63) is 30.3 Å². The first kappa shape index (κ1) is 15.3. The molecule has 8 heteroatoms. The summed E-state index contributed by atoms with van der Waals surface area (Å²) in [5, 5.41) is 13.3. The number of nitrogens with zero attached hydrogens (tertiary/aromatic N) is 2. The second kappa shape index (κ2) is 5.36. The summed E-state index contributed by atoms with van der Waals surface area (Å²) in [5.41, 5.74) is -3.29. The van der Waals surface area contributed by atoms with Crippen molar-refractivity contribution in [2.75, 3.05) is 6.61 Å². The number of hydrogen-bond donors (Lipinski definition) is 1. The maximum Gasteiger partial charge on any atom is 0.438 e. The van der Waals surface area contributed by atoms with Gasteiger partial charge in [0.1, 0.15) is 5.75 Å². The Morgan fingerprint density at radius 2 is 2.05 bits per heavy atom. The third kappa shape index (κ3) is 2.99. The topological polar surface area (TPSA) is 62.1 Å². The molecule has 0 fully saturated rings. The first-order chi connectivity index (χ1) is 9.74. The minimum Gasteiger partial charge on any atom is -0.484 e. The molecule has 0 aromatic heterocycles. The van der Waals surface area contributed by atoms with Gasteiger partial charge in [0, 0.05) is 12.1 Å². The van der Waals surface area contributed by atoms with E-state index in [1.165, 1.54) is 6.92 Å². The fourth-order valence-corrected chi connectivity index (χ4v) is 1.93. The van der Waals surface area contributed by atoms with Gasteiger partial charge in [-0.2, -0.15) is 23.3 Å². The van der Waals surface area contributed by atoms with Gasteiger partial charge in [0.15, 0.2) is 6.61 Å². The van der Waals surface area contributed by atoms with Gasteiger partial charge in [0.2, 0.25) is 0 Å². The first-order valence-corrected chi connectivity index (χ1v) is 6.08. The molecule has 0 saturated carbocycles. The molecule has 0 bridgehead atoms. The Hall–Kier alpha value is -2.09. The van der Waals surface area contributed by atoms with E-state index >= 15 is 0 Å². The number of hydrogen-bond acceptors (Lipinski definition) is 4. The van der Waals surface area contributed by atoms with E-state index in [0.717, 1.165) is 0 Å². The average Bonchev–Trinajstić information content (AvgIpc) is 2.73. The lowest BCUT2D eigenvalue weighted by Crippen LogP contribution is -2.57. The predicted molar refractivity (Wildman–Crippen MR) is 67.5 cm³/mol. The van der Waals surface area contributed by atoms with Crippen molar-refractivity contribution in [2.45, 2.75) is 25.2 Å². The van der Waals surface area contributed by atoms with Crippen LogP contribution in [-0.4, -0.2) is 40.2 Å². The van der Waals surface area contributed by atoms with Gasteiger partial charge in [-0.15, -0.1) is 0 Å². The molecule has 1 atom stereocenters. The van der Waals surface area contributed by atoms with Crippen molar-refractivity contribution in [2.24, 2.45) is 5.10 Å². The predicted octanol–water partition coefficient (Wildman–Crippen LogP) is 1.92. The number of carbonyl (C=O) groups is 1. The number of para-hydroxylation sites is 1. The fraction of sp³-hybridized carbons (Fsp3) is 0.385. The highest BCUT2D eigenvalue weighted by atomic mass is 19.4. The SMILES string of the molecule is CC1=NN(C(=O)COc2ccccc2)[C@@](O)(C(F)(F)F)C1. The lowest BCUT2D eigenvalue weighted by atomic mass is 10.1. The number of hydrazone groups is 1. The van der Waals surface area contributed by atoms with Crippen LogP contribution in [0.4, 0.5) is 13.2 Å². The van der Waals surface area contributed by atoms with Gasteiger partial charge in [0.05, 0.1) is 0 Å². The van der Waals surface area contributed by atoms with Gasteiger partial charge in [-0.25, -0.2) is 0 Å². The molecule has 1 aliphatic rings. The number of carbonyl (C=O) groups excluding carboxylic acids is 1. The fourth-order valence-electron chi connectivity index (χ4n) is 1.93. The van der Waals surface area contributed by atoms with Crippen LogP contribution in [-0.2, 0) is 4.79 Å². The lowest BCUT2D eigenvalue weighted by molar-refractivity contribution is -0.302. The van der Waals surface area contributed by atoms with Crippen LogP contribution in [0.15, 0.2) is 35.4 Å². The van der Waals surface area contributed by atoms with E-state index in [9.17, 15) is 23.1 Å². The molecule has 1 aromatic rings. The summed E-state index contributed by atoms with van der Waals surface area (Å²) in [6, 6.07) is 8.16. The molecule has 1 N–H and O–H groups in total. The highest BCUT2D eigenvalue weighted by molar-refractivity contribution is 5.89. The summed E-state index contributed by atoms with van der Waals surface area (Å²) < 4.78 is 43.9. The highest BCUT2D eigenvalue weighted by Gasteiger charge is 2.62. The number of ether oxygens (including phenoxy) is 1. The Bertz CT molecular complexity index is 560. The van der Waals surface area contributed by atoms with Crippen LogP contribution in [0.25, 0.3) is 0 Å². The van der Waals surface area contributed by atoms with Crippen LogP contribution in [0, 0.1) is 0 Å². The van der Waals surface area contributed by atoms with E-state index in [2.05, 4.69) is 5.10 Å². The Balaban J connectivity index is 2.10. The number of alkyl halides is 3. The highest BCUT2D eigenvalue weighted by Crippen LogP contribution is 2.40. The van der Waals surface area contributed by atoms with Crippen LogP contribution < -0.4 is 4.74 Å². The Morgan fingerprint density at radius 1 is 1.43 bits per heavy atom. The van der Waals surface area contributed by atoms with E-state index in [0.29, 0.717) is 5.75 Å². The smallest absolute Gasteiger partial charge is 0.438 e. The largest absolute Gasteiger partial charge is 0.484 e. The third-order valence-electron chi connectivity index (χ3n) is 2.92. The third-order valence-corrected chi connectivity index (χ3v) is 2.92. The second-order valence-corrected chi connectivity index (χ2v) is 4.63. The molecular formula is C13H13F3N2O3. The number of amides is 1. The quantitative estimate of drug-likeness (QED) is 0.928. The number of benzene rings is 1. The summed E-state index contributed by atoms with van der Waals surface area (Å²) >= 11 is 0. The molecule has 1 amide bonds. The van der Waals surface area contributed by atoms with E-state index in [-0.39, 0.29) is 10.7 Å². The molecule has 0 radical (unpaired) electrons. The molecule has 0 aliphatic carbocycles. The number of halogens is 3. The zero-order valence-electron chi connectivity index (χ0n) is 11.1. The van der Waals surface area contributed by atoms with Gasteiger partial charge in [-0.05, 0) is 19.1 Å². The maximum absolute atomic E-state index is 12.9. The number of aliphatic hydroxyl groups is 1. The Labute approximate surface area is 118 Å². The van der Waals surface area contributed by atoms with Gasteiger partial charge < -0.3 is 9.84 Å². The molecule has 2 rings (SSSR count). The van der Waals surface area contributed by atoms with Crippen LogP contribution in [0.2, 0.25) is 0 Å². The Kier molecular flexibility index (Phi) is 3.91. The van der Waals surface area contributed by atoms with Gasteiger partial charge >= 0.3 is 6.18 Å². The molecule has 0 saturated heterocycles. The normalized spacial score (nSPS) is 22.1. The average molecular weight is 302 g/mol. The van der Waals surface area contributed by atoms with E-state index < -0.39 is 30.8 Å². The van der Waals surface area contributed by atoms with Gasteiger partial charge in [-0.1, -0.05) is 18.2 Å². The molecule has 114 valence electrons. The summed E-state index contributed by atoms with van der Waals surface area (Å²) in [7, 11) is 0. The standard InChI is InChI=1S/C13H13F3N2O3/c1-9-7-12(20,13(14,15)16)18(17-9)11(19)8-21-10-5-3-2-4-6-10/h2-6,20H,7-8H2,1H3/t12-/m0/s1. The Morgan fingerprint density at radius 3 is 2.62 bits per heavy atom. The van der Waals surface area contributed by atoms with Crippen LogP contribution in [0.5, 0.6) is 5.75 Å². The van der Waals surface area contributed by atoms with Crippen molar-refractivity contribution >= 4 is 11.6 Å². The molecule has 0 unspecified atom stereocenters. The zero-order chi connectivity index (χ0) is 15.7. The van der Waals surface area contributed by atoms with Crippen molar-refractivity contribution in [3.8, 4) is 5.75 Å². The van der Waals surface area contributed by atoms with Gasteiger partial charge in [0.25, 0.3) is 11.6 Å². The molecule has 1 aromatic carbocycles. The van der Waals surface area contributed by atoms with E-state index in [1.54, 1.807) is 30.3 Å². The molecule has 1 aliphatic heterocycles. The lowest BCUT2D eigenvalue weighted by Gasteiger charge is -2.32. The molecule has 5 nitrogen and oxygen atoms in total. The van der Waals surface area contributed by atoms with Crippen molar-refractivity contribution in [1.82, 2.24) is 5.01 Å². The summed E-state index contributed by atoms with van der Waals surface area (Å²) in [6.45, 7) is 0.654. The van der Waals surface area contributed by atoms with Crippen molar-refractivity contribution < 1.29 is 27.8 Å². The first-order valence-electron chi connectivity index (χ1n) is 6.08. The summed E-state index contributed by atoms with van der Waals surface area (Å²) in [6.07, 6.45) is -5.77. The minimum absolute atomic E-state index is 0.0166. The zero-order valence-corrected chi connectivity index (χ0v) is 11.1. The second-order valence-electron chi connectivity index (χ2n) is 4.63. The maximum atomic E-state index is 12.9. The number of rotatable bonds is 3. The summed E-state index contributed by atoms with van der Waals surface area (Å²) in [4.78, 5) is 11.9. The van der Waals surface area contributed by atoms with Crippen LogP contribution in [0.3, 0.4) is 0 Å². The van der Waals surface area contributed by atoms with E-state index in [1.807, 2.05) is 0 Å². The molecule has 0 spiro atoms. The van der Waals surface area contributed by atoms with Crippen LogP contribution in [0.1, 0.15) is 13.3 Å². The molecular weight excluding hydrogens is 289 g/mol. The monoisotopic (exact) mass is 302 g/mol. The van der Waals surface area contributed by atoms with E-state index in [4.69, 9.17) is 4.74 Å². The van der Waals surface area contributed by atoms with Crippen molar-refractivity contribution in [3.63, 3.8) is 0 Å². The summed E-state index contributed by atoms with van der Waals surface area (Å²) in [5.74, 6) is -0.739. The van der Waals surface area contributed by atoms with Crippen molar-refractivity contribution in [1.29, 1.82) is 0 Å². The van der Waals surface area contributed by atoms with Crippen LogP contribution >= 0.6 is 0 Å². The van der Waals surface area contributed by atoms with Gasteiger partial charge in [-0.3, -0.25) is 4.79 Å².